The van der Waals surface area contributed by atoms with Crippen LogP contribution in [0.1, 0.15) is 38.1 Å². The average molecular weight is 321 g/mol. The van der Waals surface area contributed by atoms with Crippen molar-refractivity contribution in [2.45, 2.75) is 39.3 Å². The Morgan fingerprint density at radius 2 is 1.74 bits per heavy atom. The number of carbonyl (C=O) groups excluding carboxylic acids is 3. The van der Waals surface area contributed by atoms with Crippen LogP contribution >= 0.6 is 0 Å². The van der Waals surface area contributed by atoms with E-state index in [1.54, 1.807) is 31.2 Å². The smallest absolute Gasteiger partial charge is 0.255 e. The lowest BCUT2D eigenvalue weighted by atomic mass is 10.1. The Morgan fingerprint density at radius 1 is 1.17 bits per heavy atom. The number of nitrogens with two attached hydrogens (primary N) is 1. The summed E-state index contributed by atoms with van der Waals surface area (Å²) in [6, 6.07) is 5.53. The molecule has 0 saturated heterocycles. The van der Waals surface area contributed by atoms with Gasteiger partial charge < -0.3 is 21.1 Å². The van der Waals surface area contributed by atoms with Gasteiger partial charge in [0, 0.05) is 11.1 Å². The third kappa shape index (κ3) is 6.82. The van der Waals surface area contributed by atoms with E-state index in [1.165, 1.54) is 0 Å². The number of hydrogen-bond donors (Lipinski definition) is 3. The first kappa shape index (κ1) is 18.5. The summed E-state index contributed by atoms with van der Waals surface area (Å²) in [6.45, 7) is 6.98. The highest BCUT2D eigenvalue weighted by Gasteiger charge is 2.21. The molecule has 1 rings (SSSR count). The minimum atomic E-state index is -0.660. The van der Waals surface area contributed by atoms with Crippen molar-refractivity contribution in [3.05, 3.63) is 29.8 Å². The lowest BCUT2D eigenvalue weighted by molar-refractivity contribution is -0.124. The number of hydrogen-bond acceptors (Lipinski definition) is 4. The van der Waals surface area contributed by atoms with Crippen LogP contribution in [0.5, 0.6) is 5.75 Å². The quantitative estimate of drug-likeness (QED) is 0.712. The molecule has 0 saturated carbocycles. The zero-order chi connectivity index (χ0) is 17.6. The van der Waals surface area contributed by atoms with Gasteiger partial charge in [-0.05, 0) is 52.0 Å². The van der Waals surface area contributed by atoms with E-state index in [0.29, 0.717) is 11.3 Å². The maximum atomic E-state index is 12.1. The lowest BCUT2D eigenvalue weighted by Gasteiger charge is -2.23. The maximum absolute atomic E-state index is 12.1. The van der Waals surface area contributed by atoms with Crippen LogP contribution in [0.3, 0.4) is 0 Å². The van der Waals surface area contributed by atoms with Crippen LogP contribution in [0.15, 0.2) is 24.3 Å². The highest BCUT2D eigenvalue weighted by Crippen LogP contribution is 2.12. The number of rotatable bonds is 6. The molecule has 1 aromatic carbocycles. The van der Waals surface area contributed by atoms with Gasteiger partial charge in [-0.25, -0.2) is 0 Å². The van der Waals surface area contributed by atoms with Crippen LogP contribution in [-0.2, 0) is 9.59 Å². The molecular formula is C16H23N3O4. The van der Waals surface area contributed by atoms with Gasteiger partial charge in [0.25, 0.3) is 11.8 Å². The molecule has 0 aliphatic rings. The molecule has 0 bridgehead atoms. The van der Waals surface area contributed by atoms with Crippen molar-refractivity contribution in [3.63, 3.8) is 0 Å². The molecule has 0 radical (unpaired) electrons. The summed E-state index contributed by atoms with van der Waals surface area (Å²) < 4.78 is 5.11. The Bertz CT molecular complexity index is 576. The van der Waals surface area contributed by atoms with Crippen molar-refractivity contribution in [2.24, 2.45) is 5.73 Å². The molecule has 0 fully saturated rings. The summed E-state index contributed by atoms with van der Waals surface area (Å²) in [4.78, 5) is 34.7. The van der Waals surface area contributed by atoms with Gasteiger partial charge in [0.15, 0.2) is 6.61 Å². The molecule has 7 nitrogen and oxygen atoms in total. The summed E-state index contributed by atoms with van der Waals surface area (Å²) in [6.07, 6.45) is 0. The largest absolute Gasteiger partial charge is 0.484 e. The molecule has 3 amide bonds. The van der Waals surface area contributed by atoms with Crippen molar-refractivity contribution >= 4 is 17.7 Å². The van der Waals surface area contributed by atoms with E-state index in [9.17, 15) is 14.4 Å². The molecule has 0 spiro atoms. The fourth-order valence-corrected chi connectivity index (χ4v) is 1.68. The van der Waals surface area contributed by atoms with Crippen molar-refractivity contribution in [2.75, 3.05) is 6.61 Å². The second-order valence-corrected chi connectivity index (χ2v) is 6.21. The number of amides is 3. The molecule has 4 N–H and O–H groups in total. The summed E-state index contributed by atoms with van der Waals surface area (Å²) in [5.41, 5.74) is 5.00. The van der Waals surface area contributed by atoms with Gasteiger partial charge in [-0.2, -0.15) is 0 Å². The molecule has 1 unspecified atom stereocenters. The van der Waals surface area contributed by atoms with Crippen molar-refractivity contribution in [1.29, 1.82) is 0 Å². The van der Waals surface area contributed by atoms with Crippen LogP contribution < -0.4 is 21.1 Å². The first-order chi connectivity index (χ1) is 10.6. The van der Waals surface area contributed by atoms with E-state index in [0.717, 1.165) is 0 Å². The van der Waals surface area contributed by atoms with Gasteiger partial charge in [-0.3, -0.25) is 14.4 Å². The molecule has 7 heteroatoms. The van der Waals surface area contributed by atoms with E-state index in [2.05, 4.69) is 10.6 Å². The van der Waals surface area contributed by atoms with E-state index >= 15 is 0 Å². The lowest BCUT2D eigenvalue weighted by Crippen LogP contribution is -2.50. The number of primary amides is 1. The molecule has 1 aromatic rings. The van der Waals surface area contributed by atoms with Crippen LogP contribution in [0.25, 0.3) is 0 Å². The fourth-order valence-electron chi connectivity index (χ4n) is 1.68. The van der Waals surface area contributed by atoms with Gasteiger partial charge in [0.2, 0.25) is 5.91 Å². The zero-order valence-electron chi connectivity index (χ0n) is 13.8. The van der Waals surface area contributed by atoms with Crippen molar-refractivity contribution < 1.29 is 19.1 Å². The van der Waals surface area contributed by atoms with E-state index in [1.807, 2.05) is 20.8 Å². The van der Waals surface area contributed by atoms with Gasteiger partial charge in [0.05, 0.1) is 0 Å². The topological polar surface area (TPSA) is 111 Å². The molecule has 23 heavy (non-hydrogen) atoms. The Hall–Kier alpha value is -2.57. The Morgan fingerprint density at radius 3 is 2.22 bits per heavy atom. The van der Waals surface area contributed by atoms with Gasteiger partial charge >= 0.3 is 0 Å². The van der Waals surface area contributed by atoms with Crippen molar-refractivity contribution in [1.82, 2.24) is 10.6 Å². The third-order valence-electron chi connectivity index (χ3n) is 2.74. The minimum absolute atomic E-state index is 0.227. The number of ether oxygens (including phenoxy) is 1. The monoisotopic (exact) mass is 321 g/mol. The average Bonchev–Trinajstić information content (AvgIpc) is 2.43. The minimum Gasteiger partial charge on any atom is -0.484 e. The van der Waals surface area contributed by atoms with Crippen LogP contribution in [0, 0.1) is 0 Å². The first-order valence-electron chi connectivity index (χ1n) is 7.22. The molecule has 0 aliphatic carbocycles. The predicted octanol–water partition coefficient (Wildman–Crippen LogP) is 0.584. The fraction of sp³-hybridized carbons (Fsp3) is 0.438. The zero-order valence-corrected chi connectivity index (χ0v) is 13.8. The molecular weight excluding hydrogens is 298 g/mol. The summed E-state index contributed by atoms with van der Waals surface area (Å²) in [7, 11) is 0. The molecule has 0 aliphatic heterocycles. The highest BCUT2D eigenvalue weighted by molar-refractivity contribution is 5.97. The van der Waals surface area contributed by atoms with Gasteiger partial charge in [0.1, 0.15) is 11.8 Å². The van der Waals surface area contributed by atoms with Crippen LogP contribution in [0.2, 0.25) is 0 Å². The molecule has 1 atom stereocenters. The molecule has 126 valence electrons. The Kier molecular flexibility index (Phi) is 6.12. The second-order valence-electron chi connectivity index (χ2n) is 6.21. The SMILES string of the molecule is CC(NC(=O)c1ccc(OCC(N)=O)cc1)C(=O)NC(C)(C)C. The van der Waals surface area contributed by atoms with Gasteiger partial charge in [-0.1, -0.05) is 0 Å². The highest BCUT2D eigenvalue weighted by atomic mass is 16.5. The summed E-state index contributed by atoms with van der Waals surface area (Å²) in [5.74, 6) is -0.778. The third-order valence-corrected chi connectivity index (χ3v) is 2.74. The van der Waals surface area contributed by atoms with Crippen LogP contribution in [-0.4, -0.2) is 35.9 Å². The maximum Gasteiger partial charge on any atom is 0.255 e. The summed E-state index contributed by atoms with van der Waals surface area (Å²) >= 11 is 0. The number of nitrogens with one attached hydrogen (secondary N) is 2. The predicted molar refractivity (Wildman–Crippen MR) is 86.0 cm³/mol. The number of benzene rings is 1. The summed E-state index contributed by atoms with van der Waals surface area (Å²) in [5, 5.41) is 5.42. The number of carbonyl (C=O) groups is 3. The molecule has 0 aromatic heterocycles. The van der Waals surface area contributed by atoms with Crippen molar-refractivity contribution in [3.8, 4) is 5.75 Å². The van der Waals surface area contributed by atoms with E-state index < -0.39 is 11.9 Å². The molecule has 0 heterocycles. The van der Waals surface area contributed by atoms with Crippen LogP contribution in [0.4, 0.5) is 0 Å². The Labute approximate surface area is 135 Å². The standard InChI is InChI=1S/C16H23N3O4/c1-10(14(21)19-16(2,3)4)18-15(22)11-5-7-12(8-6-11)23-9-13(17)20/h5-8,10H,9H2,1-4H3,(H2,17,20)(H,18,22)(H,19,21). The Balaban J connectivity index is 2.60. The second kappa shape index (κ2) is 7.62. The first-order valence-corrected chi connectivity index (χ1v) is 7.22. The van der Waals surface area contributed by atoms with E-state index in [4.69, 9.17) is 10.5 Å². The van der Waals surface area contributed by atoms with Gasteiger partial charge in [-0.15, -0.1) is 0 Å². The van der Waals surface area contributed by atoms with E-state index in [-0.39, 0.29) is 24.0 Å². The normalized spacial score (nSPS) is 12.2.